The van der Waals surface area contributed by atoms with Gasteiger partial charge >= 0.3 is 0 Å². The molecule has 2 unspecified atom stereocenters. The average molecular weight is 596 g/mol. The Balaban J connectivity index is 1.38. The van der Waals surface area contributed by atoms with Gasteiger partial charge in [-0.05, 0) is 122 Å². The van der Waals surface area contributed by atoms with Crippen LogP contribution < -0.4 is 19.7 Å². The van der Waals surface area contributed by atoms with Crippen LogP contribution in [0.1, 0.15) is 68.3 Å². The van der Waals surface area contributed by atoms with E-state index in [2.05, 4.69) is 48.4 Å². The lowest BCUT2D eigenvalue weighted by molar-refractivity contribution is -0.118. The molecule has 1 aliphatic heterocycles. The van der Waals surface area contributed by atoms with Crippen LogP contribution >= 0.6 is 11.6 Å². The number of aromatic nitrogens is 1. The first-order valence-corrected chi connectivity index (χ1v) is 15.4. The van der Waals surface area contributed by atoms with Crippen LogP contribution in [0.25, 0.3) is 0 Å². The highest BCUT2D eigenvalue weighted by molar-refractivity contribution is 6.30. The van der Waals surface area contributed by atoms with E-state index < -0.39 is 0 Å². The zero-order chi connectivity index (χ0) is 30.1. The maximum atomic E-state index is 13.9. The quantitative estimate of drug-likeness (QED) is 0.200. The second-order valence-corrected chi connectivity index (χ2v) is 12.3. The molecule has 222 valence electrons. The van der Waals surface area contributed by atoms with Crippen molar-refractivity contribution >= 4 is 28.9 Å². The number of hydrogen-bond donors (Lipinski definition) is 1. The lowest BCUT2D eigenvalue weighted by atomic mass is 9.86. The van der Waals surface area contributed by atoms with Crippen LogP contribution in [-0.4, -0.2) is 24.1 Å². The molecule has 0 saturated heterocycles. The number of halogens is 1. The van der Waals surface area contributed by atoms with E-state index in [1.54, 1.807) is 7.11 Å². The Hall–Kier alpha value is -4.03. The van der Waals surface area contributed by atoms with Gasteiger partial charge in [-0.25, -0.2) is 0 Å². The summed E-state index contributed by atoms with van der Waals surface area (Å²) < 4.78 is 12.0. The minimum absolute atomic E-state index is 0.0189. The fourth-order valence-electron chi connectivity index (χ4n) is 6.15. The summed E-state index contributed by atoms with van der Waals surface area (Å²) in [6, 6.07) is 23.8. The van der Waals surface area contributed by atoms with Crippen LogP contribution in [0.2, 0.25) is 5.02 Å². The first-order valence-electron chi connectivity index (χ1n) is 15.0. The van der Waals surface area contributed by atoms with Gasteiger partial charge in [-0.2, -0.15) is 0 Å². The summed E-state index contributed by atoms with van der Waals surface area (Å²) in [7, 11) is 1.64. The van der Waals surface area contributed by atoms with Crippen molar-refractivity contribution in [2.75, 3.05) is 17.3 Å². The fraction of sp³-hybridized carbons (Fsp3) is 0.333. The van der Waals surface area contributed by atoms with Crippen molar-refractivity contribution in [3.63, 3.8) is 0 Å². The Morgan fingerprint density at radius 3 is 2.35 bits per heavy atom. The van der Waals surface area contributed by atoms with Crippen molar-refractivity contribution in [1.82, 2.24) is 4.98 Å². The third-order valence-electron chi connectivity index (χ3n) is 8.90. The minimum Gasteiger partial charge on any atom is -0.493 e. The molecule has 1 aromatic heterocycles. The number of ether oxygens (including phenoxy) is 2. The number of benzene rings is 3. The van der Waals surface area contributed by atoms with Gasteiger partial charge in [0, 0.05) is 28.8 Å². The largest absolute Gasteiger partial charge is 0.493 e. The summed E-state index contributed by atoms with van der Waals surface area (Å²) >= 11 is 6.28. The number of anilines is 2. The summed E-state index contributed by atoms with van der Waals surface area (Å²) in [6.07, 6.45) is 7.26. The smallest absolute Gasteiger partial charge is 0.232 e. The van der Waals surface area contributed by atoms with Crippen LogP contribution in [0.15, 0.2) is 85.2 Å². The summed E-state index contributed by atoms with van der Waals surface area (Å²) in [5.41, 5.74) is 5.80. The molecule has 7 heteroatoms. The Kier molecular flexibility index (Phi) is 8.06. The molecule has 1 fully saturated rings. The number of rotatable bonds is 10. The maximum Gasteiger partial charge on any atom is 0.232 e. The summed E-state index contributed by atoms with van der Waals surface area (Å²) in [5.74, 6) is 1.90. The second-order valence-electron chi connectivity index (χ2n) is 11.8. The van der Waals surface area contributed by atoms with E-state index in [1.165, 1.54) is 18.4 Å². The van der Waals surface area contributed by atoms with Crippen molar-refractivity contribution in [2.45, 2.75) is 64.1 Å². The van der Waals surface area contributed by atoms with Gasteiger partial charge < -0.3 is 19.7 Å². The number of hydrogen-bond acceptors (Lipinski definition) is 5. The van der Waals surface area contributed by atoms with E-state index >= 15 is 0 Å². The van der Waals surface area contributed by atoms with Gasteiger partial charge in [-0.15, -0.1) is 0 Å². The summed E-state index contributed by atoms with van der Waals surface area (Å²) in [4.78, 5) is 20.0. The van der Waals surface area contributed by atoms with E-state index in [4.69, 9.17) is 21.1 Å². The van der Waals surface area contributed by atoms with Gasteiger partial charge in [0.25, 0.3) is 0 Å². The first kappa shape index (κ1) is 29.1. The normalized spacial score (nSPS) is 18.4. The van der Waals surface area contributed by atoms with Crippen LogP contribution in [0, 0.1) is 5.92 Å². The molecule has 0 bridgehead atoms. The molecule has 3 atom stereocenters. The minimum atomic E-state index is -0.355. The summed E-state index contributed by atoms with van der Waals surface area (Å²) in [5, 5.41) is 4.46. The van der Waals surface area contributed by atoms with Crippen molar-refractivity contribution < 1.29 is 14.3 Å². The number of pyridine rings is 1. The highest BCUT2D eigenvalue weighted by atomic mass is 35.5. The van der Waals surface area contributed by atoms with E-state index in [0.717, 1.165) is 34.5 Å². The molecule has 0 spiro atoms. The number of amides is 1. The molecule has 0 radical (unpaired) electrons. The molecule has 1 amide bonds. The molecule has 1 aliphatic carbocycles. The molecule has 4 aromatic rings. The SMILES string of the molecule is CC[C@@H](C)Oc1cc2c(cc1OC)CC(=O)N(c1ccc(NC(C)(c3ccncc3)C3CC3)cc1)C2c1ccc(Cl)cc1. The Morgan fingerprint density at radius 2 is 1.72 bits per heavy atom. The number of nitrogens with one attached hydrogen (secondary N) is 1. The third-order valence-corrected chi connectivity index (χ3v) is 9.15. The molecule has 6 nitrogen and oxygen atoms in total. The van der Waals surface area contributed by atoms with Gasteiger partial charge in [-0.3, -0.25) is 9.78 Å². The highest BCUT2D eigenvalue weighted by Crippen LogP contribution is 2.48. The maximum absolute atomic E-state index is 13.9. The summed E-state index contributed by atoms with van der Waals surface area (Å²) in [6.45, 7) is 6.40. The zero-order valence-corrected chi connectivity index (χ0v) is 25.9. The van der Waals surface area contributed by atoms with Crippen molar-refractivity contribution in [3.8, 4) is 11.5 Å². The first-order chi connectivity index (χ1) is 20.8. The highest BCUT2D eigenvalue weighted by Gasteiger charge is 2.43. The van der Waals surface area contributed by atoms with Gasteiger partial charge in [0.15, 0.2) is 11.5 Å². The predicted molar refractivity (Wildman–Crippen MR) is 172 cm³/mol. The molecule has 6 rings (SSSR count). The van der Waals surface area contributed by atoms with Gasteiger partial charge in [0.1, 0.15) is 0 Å². The molecule has 2 aliphatic rings. The molecular formula is C36H38ClN3O3. The standard InChI is InChI=1S/C36H38ClN3O3/c1-5-23(2)43-33-22-31-25(20-32(33)42-4)21-34(41)40(35(31)24-6-10-28(37)11-7-24)30-14-12-29(13-15-30)39-36(3,26-8-9-26)27-16-18-38-19-17-27/h6-7,10-20,22-23,26,35,39H,5,8-9,21H2,1-4H3/t23-,35?,36?/m1/s1. The van der Waals surface area contributed by atoms with E-state index in [0.29, 0.717) is 22.4 Å². The average Bonchev–Trinajstić information content (AvgIpc) is 3.88. The number of carbonyl (C=O) groups is 1. The van der Waals surface area contributed by atoms with Gasteiger partial charge in [0.05, 0.1) is 31.2 Å². The second kappa shape index (κ2) is 11.9. The lowest BCUT2D eigenvalue weighted by Gasteiger charge is -2.38. The van der Waals surface area contributed by atoms with E-state index in [1.807, 2.05) is 72.7 Å². The predicted octanol–water partition coefficient (Wildman–Crippen LogP) is 8.34. The van der Waals surface area contributed by atoms with Gasteiger partial charge in [-0.1, -0.05) is 30.7 Å². The van der Waals surface area contributed by atoms with Crippen LogP contribution in [0.5, 0.6) is 11.5 Å². The van der Waals surface area contributed by atoms with Crippen molar-refractivity contribution in [3.05, 3.63) is 112 Å². The molecule has 1 saturated carbocycles. The zero-order valence-electron chi connectivity index (χ0n) is 25.1. The van der Waals surface area contributed by atoms with E-state index in [-0.39, 0.29) is 30.0 Å². The molecular weight excluding hydrogens is 558 g/mol. The van der Waals surface area contributed by atoms with Crippen molar-refractivity contribution in [1.29, 1.82) is 0 Å². The number of methoxy groups -OCH3 is 1. The molecule has 43 heavy (non-hydrogen) atoms. The van der Waals surface area contributed by atoms with E-state index in [9.17, 15) is 4.79 Å². The number of fused-ring (bicyclic) bond motifs is 1. The molecule has 3 aromatic carbocycles. The van der Waals surface area contributed by atoms with Crippen LogP contribution in [0.3, 0.4) is 0 Å². The Bertz CT molecular complexity index is 1590. The molecule has 1 N–H and O–H groups in total. The fourth-order valence-corrected chi connectivity index (χ4v) is 6.27. The molecule has 2 heterocycles. The Morgan fingerprint density at radius 1 is 1.02 bits per heavy atom. The van der Waals surface area contributed by atoms with Gasteiger partial charge in [0.2, 0.25) is 5.91 Å². The number of nitrogens with zero attached hydrogens (tertiary/aromatic N) is 2. The van der Waals surface area contributed by atoms with Crippen molar-refractivity contribution in [2.24, 2.45) is 5.92 Å². The number of carbonyl (C=O) groups excluding carboxylic acids is 1. The third kappa shape index (κ3) is 5.81. The Labute approximate surface area is 259 Å². The lowest BCUT2D eigenvalue weighted by Crippen LogP contribution is -2.41. The monoisotopic (exact) mass is 595 g/mol. The topological polar surface area (TPSA) is 63.7 Å². The van der Waals surface area contributed by atoms with Crippen LogP contribution in [0.4, 0.5) is 11.4 Å². The van der Waals surface area contributed by atoms with Crippen LogP contribution in [-0.2, 0) is 16.8 Å².